The smallest absolute Gasteiger partial charge is 0.407 e. The fourth-order valence-corrected chi connectivity index (χ4v) is 4.52. The molecular weight excluding hydrogens is 420 g/mol. The van der Waals surface area contributed by atoms with Crippen LogP contribution in [0.15, 0.2) is 48.5 Å². The first-order valence-electron chi connectivity index (χ1n) is 11.6. The lowest BCUT2D eigenvalue weighted by molar-refractivity contribution is -0.137. The highest BCUT2D eigenvalue weighted by Gasteiger charge is 2.46. The van der Waals surface area contributed by atoms with E-state index in [0.717, 1.165) is 36.8 Å². The van der Waals surface area contributed by atoms with E-state index in [9.17, 15) is 14.4 Å². The number of aliphatic carboxylic acids is 1. The molecule has 2 aromatic carbocycles. The average Bonchev–Trinajstić information content (AvgIpc) is 3.46. The third-order valence-corrected chi connectivity index (χ3v) is 6.45. The Morgan fingerprint density at radius 3 is 2.18 bits per heavy atom. The van der Waals surface area contributed by atoms with Crippen molar-refractivity contribution < 1.29 is 24.2 Å². The molecule has 174 valence electrons. The van der Waals surface area contributed by atoms with Gasteiger partial charge < -0.3 is 20.5 Å². The Morgan fingerprint density at radius 1 is 0.939 bits per heavy atom. The van der Waals surface area contributed by atoms with E-state index in [2.05, 4.69) is 34.9 Å². The zero-order valence-corrected chi connectivity index (χ0v) is 18.6. The van der Waals surface area contributed by atoms with Gasteiger partial charge in [0.25, 0.3) is 0 Å². The number of rotatable bonds is 11. The van der Waals surface area contributed by atoms with Crippen molar-refractivity contribution in [3.8, 4) is 11.1 Å². The van der Waals surface area contributed by atoms with Crippen molar-refractivity contribution in [2.45, 2.75) is 56.4 Å². The van der Waals surface area contributed by atoms with Crippen LogP contribution in [0.3, 0.4) is 0 Å². The number of carboxylic acids is 1. The standard InChI is InChI=1S/C26H30N2O5/c29-23(27-15-7-1-2-12-24(30)31)16-26(13-14-26)28-25(32)33-17-22-20-10-5-3-8-18(20)19-9-4-6-11-21(19)22/h3-6,8-11,22H,1-2,7,12-17H2,(H,27,29)(H,28,32)(H,30,31). The maximum atomic E-state index is 12.5. The van der Waals surface area contributed by atoms with Crippen LogP contribution in [0.1, 0.15) is 62.0 Å². The van der Waals surface area contributed by atoms with Crippen LogP contribution in [0.5, 0.6) is 0 Å². The van der Waals surface area contributed by atoms with Crippen molar-refractivity contribution in [3.05, 3.63) is 59.7 Å². The number of hydrogen-bond acceptors (Lipinski definition) is 4. The highest BCUT2D eigenvalue weighted by molar-refractivity contribution is 5.80. The zero-order chi connectivity index (χ0) is 23.3. The zero-order valence-electron chi connectivity index (χ0n) is 18.6. The number of carbonyl (C=O) groups excluding carboxylic acids is 2. The van der Waals surface area contributed by atoms with E-state index < -0.39 is 17.6 Å². The number of nitrogens with one attached hydrogen (secondary N) is 2. The number of ether oxygens (including phenoxy) is 1. The van der Waals surface area contributed by atoms with Crippen LogP contribution in [0.4, 0.5) is 4.79 Å². The summed E-state index contributed by atoms with van der Waals surface area (Å²) in [5, 5.41) is 14.4. The molecule has 4 rings (SSSR count). The maximum absolute atomic E-state index is 12.5. The van der Waals surface area contributed by atoms with Gasteiger partial charge in [-0.3, -0.25) is 9.59 Å². The second-order valence-electron chi connectivity index (χ2n) is 8.96. The van der Waals surface area contributed by atoms with Crippen LogP contribution in [0, 0.1) is 0 Å². The van der Waals surface area contributed by atoms with Gasteiger partial charge in [0.2, 0.25) is 5.91 Å². The van der Waals surface area contributed by atoms with Crippen LogP contribution in [0.25, 0.3) is 11.1 Å². The monoisotopic (exact) mass is 450 g/mol. The summed E-state index contributed by atoms with van der Waals surface area (Å²) in [5.74, 6) is -0.901. The molecule has 0 unspecified atom stereocenters. The van der Waals surface area contributed by atoms with E-state index >= 15 is 0 Å². The van der Waals surface area contributed by atoms with Gasteiger partial charge >= 0.3 is 12.1 Å². The number of alkyl carbamates (subject to hydrolysis) is 1. The molecule has 0 aliphatic heterocycles. The highest BCUT2D eigenvalue weighted by atomic mass is 16.5. The summed E-state index contributed by atoms with van der Waals surface area (Å²) < 4.78 is 5.61. The fraction of sp³-hybridized carbons (Fsp3) is 0.423. The van der Waals surface area contributed by atoms with E-state index in [-0.39, 0.29) is 31.3 Å². The van der Waals surface area contributed by atoms with Crippen LogP contribution in [-0.4, -0.2) is 41.8 Å². The number of hydrogen-bond donors (Lipinski definition) is 3. The summed E-state index contributed by atoms with van der Waals surface area (Å²) in [7, 11) is 0. The molecule has 2 aromatic rings. The van der Waals surface area contributed by atoms with Crippen molar-refractivity contribution in [1.82, 2.24) is 10.6 Å². The molecule has 1 saturated carbocycles. The van der Waals surface area contributed by atoms with Gasteiger partial charge in [-0.15, -0.1) is 0 Å². The molecule has 0 atom stereocenters. The first kappa shape index (κ1) is 22.8. The van der Waals surface area contributed by atoms with Gasteiger partial charge in [0.05, 0.1) is 5.54 Å². The largest absolute Gasteiger partial charge is 0.481 e. The van der Waals surface area contributed by atoms with Crippen LogP contribution in [-0.2, 0) is 14.3 Å². The molecule has 1 fully saturated rings. The van der Waals surface area contributed by atoms with Gasteiger partial charge in [-0.05, 0) is 47.9 Å². The molecule has 3 N–H and O–H groups in total. The molecule has 7 heteroatoms. The lowest BCUT2D eigenvalue weighted by Crippen LogP contribution is -2.41. The molecule has 0 radical (unpaired) electrons. The van der Waals surface area contributed by atoms with E-state index in [4.69, 9.17) is 9.84 Å². The minimum absolute atomic E-state index is 0.00253. The van der Waals surface area contributed by atoms with Gasteiger partial charge in [-0.2, -0.15) is 0 Å². The third kappa shape index (κ3) is 5.72. The number of amides is 2. The van der Waals surface area contributed by atoms with Gasteiger partial charge in [0.1, 0.15) is 6.61 Å². The second kappa shape index (κ2) is 10.1. The average molecular weight is 451 g/mol. The summed E-state index contributed by atoms with van der Waals surface area (Å²) >= 11 is 0. The number of benzene rings is 2. The van der Waals surface area contributed by atoms with Crippen LogP contribution >= 0.6 is 0 Å². The first-order valence-corrected chi connectivity index (χ1v) is 11.6. The fourth-order valence-electron chi connectivity index (χ4n) is 4.52. The molecule has 0 spiro atoms. The molecule has 2 aliphatic rings. The maximum Gasteiger partial charge on any atom is 0.407 e. The van der Waals surface area contributed by atoms with Crippen molar-refractivity contribution in [1.29, 1.82) is 0 Å². The molecular formula is C26H30N2O5. The van der Waals surface area contributed by atoms with E-state index in [1.165, 1.54) is 11.1 Å². The summed E-state index contributed by atoms with van der Waals surface area (Å²) in [6.07, 6.45) is 3.51. The number of carboxylic acid groups (broad SMARTS) is 1. The van der Waals surface area contributed by atoms with Gasteiger partial charge in [-0.1, -0.05) is 55.0 Å². The quantitative estimate of drug-likeness (QED) is 0.445. The van der Waals surface area contributed by atoms with E-state index in [1.54, 1.807) is 0 Å². The molecule has 33 heavy (non-hydrogen) atoms. The van der Waals surface area contributed by atoms with Gasteiger partial charge in [0, 0.05) is 25.3 Å². The molecule has 0 aromatic heterocycles. The van der Waals surface area contributed by atoms with Crippen molar-refractivity contribution in [2.75, 3.05) is 13.2 Å². The Balaban J connectivity index is 1.23. The Hall–Kier alpha value is -3.35. The Bertz CT molecular complexity index is 985. The van der Waals surface area contributed by atoms with Crippen molar-refractivity contribution >= 4 is 18.0 Å². The summed E-state index contributed by atoms with van der Waals surface area (Å²) in [5.41, 5.74) is 4.17. The number of unbranched alkanes of at least 4 members (excludes halogenated alkanes) is 2. The van der Waals surface area contributed by atoms with Crippen molar-refractivity contribution in [3.63, 3.8) is 0 Å². The topological polar surface area (TPSA) is 105 Å². The Kier molecular flexibility index (Phi) is 6.96. The molecule has 7 nitrogen and oxygen atoms in total. The molecule has 0 heterocycles. The van der Waals surface area contributed by atoms with E-state index in [0.29, 0.717) is 13.0 Å². The highest BCUT2D eigenvalue weighted by Crippen LogP contribution is 2.44. The lowest BCUT2D eigenvalue weighted by Gasteiger charge is -2.19. The van der Waals surface area contributed by atoms with Crippen molar-refractivity contribution in [2.24, 2.45) is 0 Å². The van der Waals surface area contributed by atoms with Gasteiger partial charge in [0.15, 0.2) is 0 Å². The first-order chi connectivity index (χ1) is 16.0. The minimum Gasteiger partial charge on any atom is -0.481 e. The predicted molar refractivity (Wildman–Crippen MR) is 124 cm³/mol. The number of carbonyl (C=O) groups is 3. The predicted octanol–water partition coefficient (Wildman–Crippen LogP) is 4.21. The summed E-state index contributed by atoms with van der Waals surface area (Å²) in [4.78, 5) is 35.3. The Labute approximate surface area is 193 Å². The Morgan fingerprint density at radius 2 is 1.58 bits per heavy atom. The van der Waals surface area contributed by atoms with Crippen LogP contribution in [0.2, 0.25) is 0 Å². The second-order valence-corrected chi connectivity index (χ2v) is 8.96. The SMILES string of the molecule is O=C(O)CCCCCNC(=O)CC1(NC(=O)OCC2c3ccccc3-c3ccccc32)CC1. The summed E-state index contributed by atoms with van der Waals surface area (Å²) in [6, 6.07) is 16.4. The normalized spacial score (nSPS) is 15.3. The molecule has 0 saturated heterocycles. The summed E-state index contributed by atoms with van der Waals surface area (Å²) in [6.45, 7) is 0.762. The lowest BCUT2D eigenvalue weighted by atomic mass is 9.98. The molecule has 2 aliphatic carbocycles. The van der Waals surface area contributed by atoms with E-state index in [1.807, 2.05) is 24.3 Å². The van der Waals surface area contributed by atoms with Gasteiger partial charge in [-0.25, -0.2) is 4.79 Å². The third-order valence-electron chi connectivity index (χ3n) is 6.45. The minimum atomic E-state index is -0.797. The van der Waals surface area contributed by atoms with Crippen LogP contribution < -0.4 is 10.6 Å². The number of fused-ring (bicyclic) bond motifs is 3. The molecule has 2 amide bonds. The molecule has 0 bridgehead atoms.